The third-order valence-electron chi connectivity index (χ3n) is 3.90. The molecule has 7 nitrogen and oxygen atoms in total. The second-order valence-electron chi connectivity index (χ2n) is 7.82. The van der Waals surface area contributed by atoms with Crippen LogP contribution in [-0.4, -0.2) is 53.1 Å². The molecule has 1 aliphatic heterocycles. The van der Waals surface area contributed by atoms with Crippen molar-refractivity contribution >= 4 is 12.1 Å². The molecule has 23 heavy (non-hydrogen) atoms. The molecule has 7 heteroatoms. The molecular weight excluding hydrogens is 298 g/mol. The minimum Gasteiger partial charge on any atom is -0.444 e. The van der Waals surface area contributed by atoms with E-state index in [1.54, 1.807) is 4.90 Å². The highest BCUT2D eigenvalue weighted by Crippen LogP contribution is 2.33. The minimum absolute atomic E-state index is 0.196. The maximum absolute atomic E-state index is 12.6. The van der Waals surface area contributed by atoms with Crippen molar-refractivity contribution in [3.63, 3.8) is 0 Å². The molecule has 1 heterocycles. The number of carbonyl (C=O) groups is 2. The van der Waals surface area contributed by atoms with Crippen LogP contribution in [-0.2, 0) is 9.47 Å². The number of carbonyl (C=O) groups excluding carboxylic acids is 2. The van der Waals surface area contributed by atoms with Crippen LogP contribution in [0.2, 0.25) is 0 Å². The second-order valence-corrected chi connectivity index (χ2v) is 7.82. The van der Waals surface area contributed by atoms with Crippen LogP contribution in [0, 0.1) is 0 Å². The van der Waals surface area contributed by atoms with Gasteiger partial charge in [-0.1, -0.05) is 0 Å². The molecule has 3 amide bonds. The van der Waals surface area contributed by atoms with Crippen molar-refractivity contribution in [3.05, 3.63) is 0 Å². The molecule has 0 aromatic rings. The topological polar surface area (TPSA) is 79.9 Å². The molecule has 0 bridgehead atoms. The smallest absolute Gasteiger partial charge is 0.412 e. The molecule has 1 saturated carbocycles. The van der Waals surface area contributed by atoms with Gasteiger partial charge in [0.2, 0.25) is 0 Å². The van der Waals surface area contributed by atoms with Crippen LogP contribution in [0.15, 0.2) is 0 Å². The van der Waals surface area contributed by atoms with Gasteiger partial charge in [0.15, 0.2) is 0 Å². The lowest BCUT2D eigenvalue weighted by molar-refractivity contribution is -0.0756. The number of nitrogens with one attached hydrogen (secondary N) is 2. The Balaban J connectivity index is 2.01. The monoisotopic (exact) mass is 327 g/mol. The van der Waals surface area contributed by atoms with Crippen molar-refractivity contribution < 1.29 is 19.1 Å². The second kappa shape index (κ2) is 6.19. The Labute approximate surface area is 138 Å². The number of nitrogens with zero attached hydrogens (tertiary/aromatic N) is 1. The molecule has 0 aromatic carbocycles. The van der Waals surface area contributed by atoms with Gasteiger partial charge in [-0.3, -0.25) is 4.90 Å². The average molecular weight is 327 g/mol. The fraction of sp³-hybridized carbons (Fsp3) is 0.875. The van der Waals surface area contributed by atoms with Crippen LogP contribution in [0.3, 0.4) is 0 Å². The Hall–Kier alpha value is -1.50. The SMILES string of the molecule is C[C@@H]1OC(C)(C)N(C(=O)OC(C)(C)C)[C@H]1CNC(=O)NC1CC1. The van der Waals surface area contributed by atoms with E-state index in [0.717, 1.165) is 12.8 Å². The fourth-order valence-electron chi connectivity index (χ4n) is 2.78. The van der Waals surface area contributed by atoms with E-state index in [1.807, 2.05) is 41.5 Å². The van der Waals surface area contributed by atoms with Gasteiger partial charge in [0, 0.05) is 12.6 Å². The number of ether oxygens (including phenoxy) is 2. The van der Waals surface area contributed by atoms with Crippen LogP contribution in [0.25, 0.3) is 0 Å². The zero-order valence-electron chi connectivity index (χ0n) is 14.9. The van der Waals surface area contributed by atoms with Gasteiger partial charge in [-0.2, -0.15) is 0 Å². The number of hydrogen-bond donors (Lipinski definition) is 2. The van der Waals surface area contributed by atoms with Gasteiger partial charge in [-0.15, -0.1) is 0 Å². The van der Waals surface area contributed by atoms with Crippen molar-refractivity contribution in [3.8, 4) is 0 Å². The Morgan fingerprint density at radius 2 is 1.91 bits per heavy atom. The van der Waals surface area contributed by atoms with Crippen molar-refractivity contribution in [1.82, 2.24) is 15.5 Å². The van der Waals surface area contributed by atoms with E-state index in [1.165, 1.54) is 0 Å². The maximum Gasteiger partial charge on any atom is 0.412 e. The average Bonchev–Trinajstić information content (AvgIpc) is 3.10. The van der Waals surface area contributed by atoms with Gasteiger partial charge in [0.05, 0.1) is 12.1 Å². The first-order valence-corrected chi connectivity index (χ1v) is 8.24. The van der Waals surface area contributed by atoms with Crippen LogP contribution >= 0.6 is 0 Å². The molecule has 2 aliphatic rings. The third-order valence-corrected chi connectivity index (χ3v) is 3.90. The Morgan fingerprint density at radius 3 is 2.43 bits per heavy atom. The van der Waals surface area contributed by atoms with E-state index in [2.05, 4.69) is 10.6 Å². The van der Waals surface area contributed by atoms with E-state index >= 15 is 0 Å². The molecule has 2 rings (SSSR count). The summed E-state index contributed by atoms with van der Waals surface area (Å²) in [5, 5.41) is 5.70. The zero-order valence-corrected chi connectivity index (χ0v) is 14.9. The van der Waals surface area contributed by atoms with Crippen molar-refractivity contribution in [2.24, 2.45) is 0 Å². The summed E-state index contributed by atoms with van der Waals surface area (Å²) < 4.78 is 11.4. The van der Waals surface area contributed by atoms with Gasteiger partial charge >= 0.3 is 12.1 Å². The predicted octanol–water partition coefficient (Wildman–Crippen LogP) is 2.21. The number of amides is 3. The summed E-state index contributed by atoms with van der Waals surface area (Å²) in [6.45, 7) is 11.4. The summed E-state index contributed by atoms with van der Waals surface area (Å²) in [6.07, 6.45) is 1.45. The highest BCUT2D eigenvalue weighted by Gasteiger charge is 2.49. The molecule has 132 valence electrons. The Kier molecular flexibility index (Phi) is 4.80. The summed E-state index contributed by atoms with van der Waals surface area (Å²) in [6, 6.07) is -0.177. The standard InChI is InChI=1S/C16H29N3O4/c1-10-12(9-17-13(20)18-11-7-8-11)19(16(5,6)22-10)14(21)23-15(2,3)4/h10-12H,7-9H2,1-6H3,(H2,17,18,20)/t10-,12-/m0/s1. The lowest BCUT2D eigenvalue weighted by Crippen LogP contribution is -2.54. The van der Waals surface area contributed by atoms with Gasteiger partial charge in [0.1, 0.15) is 11.3 Å². The highest BCUT2D eigenvalue weighted by molar-refractivity contribution is 5.75. The molecule has 0 spiro atoms. The molecule has 2 atom stereocenters. The molecule has 0 unspecified atom stereocenters. The molecule has 0 aromatic heterocycles. The van der Waals surface area contributed by atoms with Crippen LogP contribution in [0.1, 0.15) is 54.4 Å². The van der Waals surface area contributed by atoms with E-state index in [-0.39, 0.29) is 18.2 Å². The zero-order chi connectivity index (χ0) is 17.4. The van der Waals surface area contributed by atoms with Gasteiger partial charge < -0.3 is 20.1 Å². The fourth-order valence-corrected chi connectivity index (χ4v) is 2.78. The normalized spacial score (nSPS) is 26.8. The first-order chi connectivity index (χ1) is 10.5. The summed E-state index contributed by atoms with van der Waals surface area (Å²) in [7, 11) is 0. The third kappa shape index (κ3) is 4.73. The Bertz CT molecular complexity index is 468. The minimum atomic E-state index is -0.777. The first-order valence-electron chi connectivity index (χ1n) is 8.24. The molecule has 2 N–H and O–H groups in total. The van der Waals surface area contributed by atoms with E-state index in [4.69, 9.17) is 9.47 Å². The lowest BCUT2D eigenvalue weighted by atomic mass is 10.1. The highest BCUT2D eigenvalue weighted by atomic mass is 16.6. The van der Waals surface area contributed by atoms with Gasteiger partial charge in [0.25, 0.3) is 0 Å². The molecule has 1 aliphatic carbocycles. The predicted molar refractivity (Wildman–Crippen MR) is 86.0 cm³/mol. The first kappa shape index (κ1) is 17.8. The number of urea groups is 1. The largest absolute Gasteiger partial charge is 0.444 e. The lowest BCUT2D eigenvalue weighted by Gasteiger charge is -2.35. The van der Waals surface area contributed by atoms with E-state index in [0.29, 0.717) is 12.6 Å². The number of rotatable bonds is 3. The maximum atomic E-state index is 12.6. The molecule has 2 fully saturated rings. The van der Waals surface area contributed by atoms with Crippen LogP contribution in [0.5, 0.6) is 0 Å². The summed E-state index contributed by atoms with van der Waals surface area (Å²) >= 11 is 0. The van der Waals surface area contributed by atoms with Crippen molar-refractivity contribution in [1.29, 1.82) is 0 Å². The van der Waals surface area contributed by atoms with Crippen molar-refractivity contribution in [2.75, 3.05) is 6.54 Å². The number of hydrogen-bond acceptors (Lipinski definition) is 4. The summed E-state index contributed by atoms with van der Waals surface area (Å²) in [4.78, 5) is 26.0. The summed E-state index contributed by atoms with van der Waals surface area (Å²) in [5.41, 5.74) is -1.36. The Morgan fingerprint density at radius 1 is 1.30 bits per heavy atom. The molecule has 1 saturated heterocycles. The quantitative estimate of drug-likeness (QED) is 0.833. The van der Waals surface area contributed by atoms with E-state index in [9.17, 15) is 9.59 Å². The van der Waals surface area contributed by atoms with Crippen LogP contribution < -0.4 is 10.6 Å². The summed E-state index contributed by atoms with van der Waals surface area (Å²) in [5.74, 6) is 0. The molecule has 0 radical (unpaired) electrons. The van der Waals surface area contributed by atoms with Crippen LogP contribution in [0.4, 0.5) is 9.59 Å². The van der Waals surface area contributed by atoms with E-state index < -0.39 is 17.4 Å². The van der Waals surface area contributed by atoms with Gasteiger partial charge in [-0.05, 0) is 54.4 Å². The van der Waals surface area contributed by atoms with Gasteiger partial charge in [-0.25, -0.2) is 9.59 Å². The molecular formula is C16H29N3O4. The van der Waals surface area contributed by atoms with Crippen molar-refractivity contribution in [2.45, 2.75) is 83.9 Å².